The number of hydrogen-bond donors (Lipinski definition) is 1. The molecule has 0 saturated heterocycles. The number of rotatable bonds is 6. The van der Waals surface area contributed by atoms with Crippen molar-refractivity contribution in [3.63, 3.8) is 0 Å². The molecule has 30 heavy (non-hydrogen) atoms. The van der Waals surface area contributed by atoms with Crippen molar-refractivity contribution in [2.75, 3.05) is 13.2 Å². The molecule has 0 saturated carbocycles. The molecule has 0 aromatic heterocycles. The second kappa shape index (κ2) is 9.86. The van der Waals surface area contributed by atoms with Crippen molar-refractivity contribution in [2.24, 2.45) is 5.10 Å². The van der Waals surface area contributed by atoms with E-state index >= 15 is 0 Å². The van der Waals surface area contributed by atoms with Gasteiger partial charge in [-0.1, -0.05) is 41.6 Å². The Morgan fingerprint density at radius 2 is 1.83 bits per heavy atom. The van der Waals surface area contributed by atoms with Gasteiger partial charge in [0.05, 0.1) is 0 Å². The number of nitrogens with zero attached hydrogens (tertiary/aromatic N) is 2. The summed E-state index contributed by atoms with van der Waals surface area (Å²) in [6, 6.07) is 13.0. The lowest BCUT2D eigenvalue weighted by molar-refractivity contribution is -0.129. The number of hydrogen-bond acceptors (Lipinski definition) is 6. The second-order valence-corrected chi connectivity index (χ2v) is 8.07. The van der Waals surface area contributed by atoms with E-state index in [0.717, 1.165) is 11.3 Å². The number of thioether (sulfide) groups is 1. The minimum Gasteiger partial charge on any atom is -0.490 e. The molecule has 7 nitrogen and oxygen atoms in total. The Morgan fingerprint density at radius 3 is 2.50 bits per heavy atom. The van der Waals surface area contributed by atoms with E-state index in [-0.39, 0.29) is 11.8 Å². The Morgan fingerprint density at radius 1 is 1.13 bits per heavy atom. The molecule has 2 amide bonds. The van der Waals surface area contributed by atoms with Crippen LogP contribution in [0.15, 0.2) is 47.6 Å². The van der Waals surface area contributed by atoms with Gasteiger partial charge in [0.2, 0.25) is 11.8 Å². The van der Waals surface area contributed by atoms with E-state index in [1.54, 1.807) is 18.2 Å². The van der Waals surface area contributed by atoms with Gasteiger partial charge in [-0.15, -0.1) is 5.10 Å². The third-order valence-corrected chi connectivity index (χ3v) is 5.50. The van der Waals surface area contributed by atoms with E-state index in [0.29, 0.717) is 34.7 Å². The number of carbonyl (C=O) groups excluding carboxylic acids is 2. The summed E-state index contributed by atoms with van der Waals surface area (Å²) in [6.45, 7) is 5.44. The summed E-state index contributed by atoms with van der Waals surface area (Å²) < 4.78 is 11.7. The van der Waals surface area contributed by atoms with Crippen LogP contribution in [0.3, 0.4) is 0 Å². The third kappa shape index (κ3) is 5.46. The lowest BCUT2D eigenvalue weighted by Crippen LogP contribution is -2.25. The number of hydrazone groups is 1. The lowest BCUT2D eigenvalue weighted by Gasteiger charge is -2.22. The lowest BCUT2D eigenvalue weighted by atomic mass is 10.2. The van der Waals surface area contributed by atoms with Gasteiger partial charge < -0.3 is 14.8 Å². The highest BCUT2D eigenvalue weighted by Gasteiger charge is 2.34. The van der Waals surface area contributed by atoms with Crippen molar-refractivity contribution in [3.8, 4) is 11.5 Å². The molecular formula is C21H22ClN3O4S. The maximum absolute atomic E-state index is 12.1. The topological polar surface area (TPSA) is 80.2 Å². The number of halogens is 1. The monoisotopic (exact) mass is 447 g/mol. The zero-order chi connectivity index (χ0) is 21.7. The van der Waals surface area contributed by atoms with E-state index in [1.165, 1.54) is 30.6 Å². The summed E-state index contributed by atoms with van der Waals surface area (Å²) in [5.74, 6) is 0.846. The van der Waals surface area contributed by atoms with Gasteiger partial charge in [0.25, 0.3) is 0 Å². The van der Waals surface area contributed by atoms with E-state index in [4.69, 9.17) is 21.1 Å². The van der Waals surface area contributed by atoms with Crippen molar-refractivity contribution in [1.29, 1.82) is 0 Å². The summed E-state index contributed by atoms with van der Waals surface area (Å²) in [4.78, 5) is 23.5. The minimum absolute atomic E-state index is 0.262. The Bertz CT molecular complexity index is 982. The fraction of sp³-hybridized carbons (Fsp3) is 0.286. The minimum atomic E-state index is -0.504. The summed E-state index contributed by atoms with van der Waals surface area (Å²) >= 11 is 7.44. The van der Waals surface area contributed by atoms with Crippen LogP contribution in [0, 0.1) is 6.92 Å². The molecule has 2 aromatic carbocycles. The Kier molecular flexibility index (Phi) is 7.23. The summed E-state index contributed by atoms with van der Waals surface area (Å²) in [5.41, 5.74) is 1.73. The van der Waals surface area contributed by atoms with Crippen molar-refractivity contribution < 1.29 is 19.1 Å². The molecule has 1 unspecified atom stereocenters. The van der Waals surface area contributed by atoms with E-state index in [2.05, 4.69) is 10.4 Å². The number of ether oxygens (including phenoxy) is 2. The van der Waals surface area contributed by atoms with E-state index < -0.39 is 5.37 Å². The van der Waals surface area contributed by atoms with Gasteiger partial charge in [-0.05, 0) is 36.8 Å². The first kappa shape index (κ1) is 22.0. The first-order chi connectivity index (χ1) is 14.3. The fourth-order valence-corrected chi connectivity index (χ4v) is 4.17. The maximum atomic E-state index is 12.1. The Labute approximate surface area is 184 Å². The van der Waals surface area contributed by atoms with Crippen molar-refractivity contribution in [3.05, 3.63) is 58.6 Å². The highest BCUT2D eigenvalue weighted by molar-refractivity contribution is 8.14. The van der Waals surface area contributed by atoms with Crippen LogP contribution in [0.5, 0.6) is 11.5 Å². The molecule has 1 aliphatic rings. The average molecular weight is 448 g/mol. The van der Waals surface area contributed by atoms with Gasteiger partial charge in [0.15, 0.2) is 5.17 Å². The summed E-state index contributed by atoms with van der Waals surface area (Å²) in [7, 11) is 0. The van der Waals surface area contributed by atoms with Crippen molar-refractivity contribution >= 4 is 40.3 Å². The van der Waals surface area contributed by atoms with Gasteiger partial charge in [-0.25, -0.2) is 5.01 Å². The van der Waals surface area contributed by atoms with Crippen LogP contribution in [-0.4, -0.2) is 35.2 Å². The Balaban J connectivity index is 1.72. The van der Waals surface area contributed by atoms with Crippen LogP contribution in [0.25, 0.3) is 0 Å². The van der Waals surface area contributed by atoms with Crippen LogP contribution in [0.2, 0.25) is 5.02 Å². The van der Waals surface area contributed by atoms with Gasteiger partial charge in [-0.2, -0.15) is 0 Å². The fourth-order valence-electron chi connectivity index (χ4n) is 2.83. The van der Waals surface area contributed by atoms with E-state index in [9.17, 15) is 9.59 Å². The van der Waals surface area contributed by atoms with Gasteiger partial charge in [0, 0.05) is 24.4 Å². The van der Waals surface area contributed by atoms with Crippen molar-refractivity contribution in [2.45, 2.75) is 26.1 Å². The van der Waals surface area contributed by atoms with Crippen molar-refractivity contribution in [1.82, 2.24) is 10.3 Å². The standard InChI is InChI=1S/C21H22ClN3O4S/c1-13-6-4-5-7-18(13)28-10-11-29-19-9-8-16(22)12-17(19)20-25(15(3)27)24-21(30-20)23-14(2)26/h4-9,12,20H,10-11H2,1-3H3,(H,23,24,26). The average Bonchev–Trinajstić information content (AvgIpc) is 3.10. The molecule has 0 bridgehead atoms. The van der Waals surface area contributed by atoms with Crippen LogP contribution in [0.1, 0.15) is 30.3 Å². The molecule has 1 atom stereocenters. The predicted molar refractivity (Wildman–Crippen MR) is 118 cm³/mol. The highest BCUT2D eigenvalue weighted by Crippen LogP contribution is 2.43. The molecule has 2 aromatic rings. The molecule has 9 heteroatoms. The molecular weight excluding hydrogens is 426 g/mol. The number of carbonyl (C=O) groups is 2. The molecule has 1 aliphatic heterocycles. The molecule has 0 spiro atoms. The van der Waals surface area contributed by atoms with Crippen LogP contribution in [0.4, 0.5) is 0 Å². The number of nitrogens with one attached hydrogen (secondary N) is 1. The van der Waals surface area contributed by atoms with Gasteiger partial charge >= 0.3 is 0 Å². The number of aryl methyl sites for hydroxylation is 1. The number of benzene rings is 2. The second-order valence-electron chi connectivity index (χ2n) is 6.56. The van der Waals surface area contributed by atoms with Crippen LogP contribution >= 0.6 is 23.4 Å². The van der Waals surface area contributed by atoms with Gasteiger partial charge in [0.1, 0.15) is 30.1 Å². The molecule has 1 N–H and O–H groups in total. The largest absolute Gasteiger partial charge is 0.490 e. The quantitative estimate of drug-likeness (QED) is 0.674. The first-order valence-electron chi connectivity index (χ1n) is 9.28. The van der Waals surface area contributed by atoms with Gasteiger partial charge in [-0.3, -0.25) is 9.59 Å². The smallest absolute Gasteiger partial charge is 0.241 e. The Hall–Kier alpha value is -2.71. The molecule has 0 fully saturated rings. The van der Waals surface area contributed by atoms with E-state index in [1.807, 2.05) is 31.2 Å². The molecule has 0 aliphatic carbocycles. The summed E-state index contributed by atoms with van der Waals surface area (Å²) in [6.07, 6.45) is 0. The zero-order valence-corrected chi connectivity index (χ0v) is 18.4. The predicted octanol–water partition coefficient (Wildman–Crippen LogP) is 4.11. The number of para-hydroxylation sites is 1. The number of amides is 2. The first-order valence-corrected chi connectivity index (χ1v) is 10.5. The summed E-state index contributed by atoms with van der Waals surface area (Å²) in [5, 5.41) is 8.48. The molecule has 158 valence electrons. The molecule has 1 heterocycles. The number of amidine groups is 1. The third-order valence-electron chi connectivity index (χ3n) is 4.18. The SMILES string of the molecule is CC(=O)NC1=NN(C(C)=O)C(c2cc(Cl)ccc2OCCOc2ccccc2C)S1. The normalized spacial score (nSPS) is 15.5. The molecule has 3 rings (SSSR count). The zero-order valence-electron chi connectivity index (χ0n) is 16.8. The van der Waals surface area contributed by atoms with Crippen LogP contribution in [-0.2, 0) is 9.59 Å². The molecule has 0 radical (unpaired) electrons. The van der Waals surface area contributed by atoms with Crippen LogP contribution < -0.4 is 14.8 Å². The maximum Gasteiger partial charge on any atom is 0.241 e. The highest BCUT2D eigenvalue weighted by atomic mass is 35.5.